The standard InChI is InChI=1S/C18H15NO/c19-15-9-6-10-16(13-15)20-18-12-5-4-11-17(18)14-7-2-1-3-8-14/h1-13H,19H2. The largest absolute Gasteiger partial charge is 0.457 e. The molecule has 0 unspecified atom stereocenters. The second-order valence-corrected chi connectivity index (χ2v) is 4.54. The molecule has 0 fully saturated rings. The first-order chi connectivity index (χ1) is 9.83. The molecule has 2 N–H and O–H groups in total. The average molecular weight is 261 g/mol. The normalized spacial score (nSPS) is 10.2. The minimum Gasteiger partial charge on any atom is -0.457 e. The van der Waals surface area contributed by atoms with E-state index in [1.165, 1.54) is 0 Å². The summed E-state index contributed by atoms with van der Waals surface area (Å²) >= 11 is 0. The Morgan fingerprint density at radius 2 is 1.45 bits per heavy atom. The van der Waals surface area contributed by atoms with Gasteiger partial charge >= 0.3 is 0 Å². The second kappa shape index (κ2) is 5.49. The van der Waals surface area contributed by atoms with Crippen LogP contribution in [0.2, 0.25) is 0 Å². The molecular formula is C18H15NO. The third kappa shape index (κ3) is 2.64. The highest BCUT2D eigenvalue weighted by Gasteiger charge is 2.06. The lowest BCUT2D eigenvalue weighted by molar-refractivity contribution is 0.485. The first-order valence-corrected chi connectivity index (χ1v) is 6.51. The molecule has 0 bridgehead atoms. The maximum atomic E-state index is 5.96. The average Bonchev–Trinajstić information content (AvgIpc) is 2.49. The summed E-state index contributed by atoms with van der Waals surface area (Å²) in [6.07, 6.45) is 0. The molecule has 2 heteroatoms. The molecule has 3 aromatic rings. The van der Waals surface area contributed by atoms with Gasteiger partial charge in [-0.05, 0) is 23.8 Å². The van der Waals surface area contributed by atoms with Crippen molar-refractivity contribution in [3.05, 3.63) is 78.9 Å². The van der Waals surface area contributed by atoms with Crippen LogP contribution in [0.25, 0.3) is 11.1 Å². The molecule has 0 spiro atoms. The highest BCUT2D eigenvalue weighted by Crippen LogP contribution is 2.33. The van der Waals surface area contributed by atoms with Crippen LogP contribution in [-0.4, -0.2) is 0 Å². The maximum Gasteiger partial charge on any atom is 0.135 e. The van der Waals surface area contributed by atoms with E-state index in [9.17, 15) is 0 Å². The predicted octanol–water partition coefficient (Wildman–Crippen LogP) is 4.73. The van der Waals surface area contributed by atoms with E-state index < -0.39 is 0 Å². The molecule has 0 saturated carbocycles. The van der Waals surface area contributed by atoms with E-state index in [0.717, 1.165) is 22.6 Å². The third-order valence-corrected chi connectivity index (χ3v) is 3.06. The van der Waals surface area contributed by atoms with Crippen LogP contribution >= 0.6 is 0 Å². The number of hydrogen-bond donors (Lipinski definition) is 1. The number of hydrogen-bond acceptors (Lipinski definition) is 2. The molecule has 0 radical (unpaired) electrons. The van der Waals surface area contributed by atoms with Gasteiger partial charge in [-0.1, -0.05) is 54.6 Å². The van der Waals surface area contributed by atoms with Gasteiger partial charge in [-0.3, -0.25) is 0 Å². The van der Waals surface area contributed by atoms with Gasteiger partial charge in [0.05, 0.1) is 0 Å². The van der Waals surface area contributed by atoms with Crippen LogP contribution < -0.4 is 10.5 Å². The van der Waals surface area contributed by atoms with Crippen molar-refractivity contribution in [3.8, 4) is 22.6 Å². The molecule has 3 aromatic carbocycles. The van der Waals surface area contributed by atoms with Crippen molar-refractivity contribution in [2.24, 2.45) is 0 Å². The molecule has 3 rings (SSSR count). The van der Waals surface area contributed by atoms with E-state index in [-0.39, 0.29) is 0 Å². The molecule has 20 heavy (non-hydrogen) atoms. The molecule has 0 aliphatic carbocycles. The van der Waals surface area contributed by atoms with Crippen molar-refractivity contribution in [3.63, 3.8) is 0 Å². The molecular weight excluding hydrogens is 246 g/mol. The van der Waals surface area contributed by atoms with Gasteiger partial charge in [0.25, 0.3) is 0 Å². The van der Waals surface area contributed by atoms with Gasteiger partial charge in [0.2, 0.25) is 0 Å². The topological polar surface area (TPSA) is 35.2 Å². The molecule has 0 atom stereocenters. The van der Waals surface area contributed by atoms with E-state index in [0.29, 0.717) is 5.69 Å². The van der Waals surface area contributed by atoms with Crippen LogP contribution in [0.5, 0.6) is 11.5 Å². The number of ether oxygens (including phenoxy) is 1. The predicted molar refractivity (Wildman–Crippen MR) is 82.8 cm³/mol. The Morgan fingerprint density at radius 3 is 2.25 bits per heavy atom. The molecule has 0 heterocycles. The zero-order valence-electron chi connectivity index (χ0n) is 11.0. The molecule has 98 valence electrons. The Hall–Kier alpha value is -2.74. The van der Waals surface area contributed by atoms with E-state index in [2.05, 4.69) is 18.2 Å². The minimum absolute atomic E-state index is 0.694. The van der Waals surface area contributed by atoms with Crippen molar-refractivity contribution in [2.45, 2.75) is 0 Å². The van der Waals surface area contributed by atoms with Gasteiger partial charge in [-0.2, -0.15) is 0 Å². The Kier molecular flexibility index (Phi) is 3.38. The SMILES string of the molecule is Nc1cccc(Oc2ccccc2-c2ccccc2)c1. The zero-order valence-corrected chi connectivity index (χ0v) is 11.0. The highest BCUT2D eigenvalue weighted by atomic mass is 16.5. The minimum atomic E-state index is 0.694. The van der Waals surface area contributed by atoms with E-state index in [1.807, 2.05) is 60.7 Å². The number of benzene rings is 3. The Bertz CT molecular complexity index is 707. The summed E-state index contributed by atoms with van der Waals surface area (Å²) in [5, 5.41) is 0. The lowest BCUT2D eigenvalue weighted by Gasteiger charge is -2.11. The van der Waals surface area contributed by atoms with Crippen LogP contribution in [0.3, 0.4) is 0 Å². The van der Waals surface area contributed by atoms with Gasteiger partial charge in [0.1, 0.15) is 11.5 Å². The zero-order chi connectivity index (χ0) is 13.8. The van der Waals surface area contributed by atoms with Crippen molar-refractivity contribution in [1.29, 1.82) is 0 Å². The fraction of sp³-hybridized carbons (Fsp3) is 0. The summed E-state index contributed by atoms with van der Waals surface area (Å²) in [6.45, 7) is 0. The van der Waals surface area contributed by atoms with Crippen molar-refractivity contribution < 1.29 is 4.74 Å². The summed E-state index contributed by atoms with van der Waals surface area (Å²) in [4.78, 5) is 0. The van der Waals surface area contributed by atoms with Crippen LogP contribution in [0.15, 0.2) is 78.9 Å². The number of anilines is 1. The van der Waals surface area contributed by atoms with Gasteiger partial charge in [-0.25, -0.2) is 0 Å². The van der Waals surface area contributed by atoms with Gasteiger partial charge in [0, 0.05) is 17.3 Å². The fourth-order valence-corrected chi connectivity index (χ4v) is 2.12. The summed E-state index contributed by atoms with van der Waals surface area (Å²) in [5.41, 5.74) is 8.67. The van der Waals surface area contributed by atoms with Crippen LogP contribution in [0.1, 0.15) is 0 Å². The molecule has 2 nitrogen and oxygen atoms in total. The first-order valence-electron chi connectivity index (χ1n) is 6.51. The highest BCUT2D eigenvalue weighted by molar-refractivity contribution is 5.70. The van der Waals surface area contributed by atoms with Crippen LogP contribution in [-0.2, 0) is 0 Å². The smallest absolute Gasteiger partial charge is 0.135 e. The summed E-state index contributed by atoms with van der Waals surface area (Å²) < 4.78 is 5.96. The van der Waals surface area contributed by atoms with E-state index in [1.54, 1.807) is 0 Å². The molecule has 0 aliphatic rings. The quantitative estimate of drug-likeness (QED) is 0.692. The second-order valence-electron chi connectivity index (χ2n) is 4.54. The number of rotatable bonds is 3. The molecule has 0 amide bonds. The van der Waals surface area contributed by atoms with Gasteiger partial charge in [-0.15, -0.1) is 0 Å². The fourth-order valence-electron chi connectivity index (χ4n) is 2.12. The summed E-state index contributed by atoms with van der Waals surface area (Å²) in [5.74, 6) is 1.57. The summed E-state index contributed by atoms with van der Waals surface area (Å²) in [6, 6.07) is 25.6. The van der Waals surface area contributed by atoms with Crippen molar-refractivity contribution in [2.75, 3.05) is 5.73 Å². The maximum absolute atomic E-state index is 5.96. The van der Waals surface area contributed by atoms with Crippen molar-refractivity contribution >= 4 is 5.69 Å². The molecule has 0 saturated heterocycles. The van der Waals surface area contributed by atoms with Crippen LogP contribution in [0, 0.1) is 0 Å². The molecule has 0 aromatic heterocycles. The van der Waals surface area contributed by atoms with Gasteiger partial charge in [0.15, 0.2) is 0 Å². The monoisotopic (exact) mass is 261 g/mol. The lowest BCUT2D eigenvalue weighted by atomic mass is 10.1. The van der Waals surface area contributed by atoms with Crippen molar-refractivity contribution in [1.82, 2.24) is 0 Å². The third-order valence-electron chi connectivity index (χ3n) is 3.06. The van der Waals surface area contributed by atoms with E-state index >= 15 is 0 Å². The molecule has 0 aliphatic heterocycles. The van der Waals surface area contributed by atoms with Gasteiger partial charge < -0.3 is 10.5 Å². The number of para-hydroxylation sites is 1. The Morgan fingerprint density at radius 1 is 0.700 bits per heavy atom. The number of nitrogen functional groups attached to an aromatic ring is 1. The Balaban J connectivity index is 1.99. The first kappa shape index (κ1) is 12.3. The Labute approximate surface area is 118 Å². The lowest BCUT2D eigenvalue weighted by Crippen LogP contribution is -1.90. The van der Waals surface area contributed by atoms with Crippen LogP contribution in [0.4, 0.5) is 5.69 Å². The number of nitrogens with two attached hydrogens (primary N) is 1. The summed E-state index contributed by atoms with van der Waals surface area (Å²) in [7, 11) is 0. The van der Waals surface area contributed by atoms with E-state index in [4.69, 9.17) is 10.5 Å².